The highest BCUT2D eigenvalue weighted by Gasteiger charge is 2.22. The molecule has 0 radical (unpaired) electrons. The van der Waals surface area contributed by atoms with Crippen molar-refractivity contribution < 1.29 is 31.8 Å². The number of nitrogens with one attached hydrogen (secondary N) is 2. The van der Waals surface area contributed by atoms with E-state index >= 15 is 0 Å². The summed E-state index contributed by atoms with van der Waals surface area (Å²) in [6.45, 7) is -4.93. The molecular formula is C14H17ClF4N2O3. The largest absolute Gasteiger partial charge is 0.435 e. The van der Waals surface area contributed by atoms with Crippen LogP contribution in [-0.4, -0.2) is 32.2 Å². The molecule has 0 bridgehead atoms. The molecule has 1 atom stereocenters. The molecular weight excluding hydrogens is 356 g/mol. The van der Waals surface area contributed by atoms with Gasteiger partial charge < -0.3 is 20.1 Å². The van der Waals surface area contributed by atoms with Crippen LogP contribution in [0.25, 0.3) is 0 Å². The minimum absolute atomic E-state index is 0. The number of hydrogen-bond acceptors (Lipinski definition) is 4. The van der Waals surface area contributed by atoms with Gasteiger partial charge in [-0.25, -0.2) is 0 Å². The topological polar surface area (TPSA) is 59.6 Å². The van der Waals surface area contributed by atoms with Crippen LogP contribution in [0.5, 0.6) is 11.5 Å². The van der Waals surface area contributed by atoms with E-state index < -0.39 is 13.2 Å². The number of rotatable bonds is 7. The van der Waals surface area contributed by atoms with Gasteiger partial charge >= 0.3 is 13.2 Å². The maximum atomic E-state index is 12.4. The van der Waals surface area contributed by atoms with Crippen LogP contribution in [-0.2, 0) is 11.3 Å². The van der Waals surface area contributed by atoms with Crippen LogP contribution < -0.4 is 20.1 Å². The lowest BCUT2D eigenvalue weighted by Crippen LogP contribution is -2.31. The van der Waals surface area contributed by atoms with E-state index in [4.69, 9.17) is 0 Å². The smallest absolute Gasteiger partial charge is 0.387 e. The van der Waals surface area contributed by atoms with Gasteiger partial charge in [0, 0.05) is 24.7 Å². The van der Waals surface area contributed by atoms with Crippen molar-refractivity contribution in [2.24, 2.45) is 5.92 Å². The van der Waals surface area contributed by atoms with Crippen molar-refractivity contribution in [3.63, 3.8) is 0 Å². The number of alkyl halides is 4. The minimum Gasteiger partial charge on any atom is -0.435 e. The first-order chi connectivity index (χ1) is 11.0. The molecule has 2 N–H and O–H groups in total. The van der Waals surface area contributed by atoms with E-state index in [0.717, 1.165) is 12.6 Å². The number of ether oxygens (including phenoxy) is 2. The van der Waals surface area contributed by atoms with E-state index in [1.807, 2.05) is 0 Å². The first kappa shape index (κ1) is 20.3. The Kier molecular flexibility index (Phi) is 8.06. The lowest BCUT2D eigenvalue weighted by atomic mass is 10.1. The Hall–Kier alpha value is -1.74. The van der Waals surface area contributed by atoms with Gasteiger partial charge in [0.25, 0.3) is 0 Å². The quantitative estimate of drug-likeness (QED) is 0.722. The van der Waals surface area contributed by atoms with Gasteiger partial charge in [-0.2, -0.15) is 17.6 Å². The zero-order valence-electron chi connectivity index (χ0n) is 12.4. The highest BCUT2D eigenvalue weighted by Crippen LogP contribution is 2.27. The summed E-state index contributed by atoms with van der Waals surface area (Å²) in [5.41, 5.74) is 0.242. The fourth-order valence-electron chi connectivity index (χ4n) is 2.27. The van der Waals surface area contributed by atoms with Crippen LogP contribution in [0.1, 0.15) is 12.0 Å². The molecule has 1 aromatic carbocycles. The lowest BCUT2D eigenvalue weighted by Gasteiger charge is -2.15. The van der Waals surface area contributed by atoms with E-state index in [2.05, 4.69) is 20.1 Å². The lowest BCUT2D eigenvalue weighted by molar-refractivity contribution is -0.124. The minimum atomic E-state index is -3.12. The third-order valence-corrected chi connectivity index (χ3v) is 3.36. The molecule has 0 aliphatic carbocycles. The third-order valence-electron chi connectivity index (χ3n) is 3.36. The SMILES string of the molecule is Cl.O=C(NCc1ccc(OC(F)F)cc1OC(F)F)C1CCNC1. The Balaban J connectivity index is 0.00000288. The zero-order valence-corrected chi connectivity index (χ0v) is 13.3. The van der Waals surface area contributed by atoms with Crippen molar-refractivity contribution in [3.05, 3.63) is 23.8 Å². The highest BCUT2D eigenvalue weighted by atomic mass is 35.5. The van der Waals surface area contributed by atoms with Gasteiger partial charge in [0.2, 0.25) is 5.91 Å². The predicted octanol–water partition coefficient (Wildman–Crippen LogP) is 2.54. The van der Waals surface area contributed by atoms with Gasteiger partial charge in [0.15, 0.2) is 0 Å². The van der Waals surface area contributed by atoms with Crippen LogP contribution in [0.15, 0.2) is 18.2 Å². The Morgan fingerprint density at radius 2 is 1.96 bits per heavy atom. The molecule has 136 valence electrons. The molecule has 1 saturated heterocycles. The molecule has 1 amide bonds. The first-order valence-electron chi connectivity index (χ1n) is 6.96. The van der Waals surface area contributed by atoms with Crippen LogP contribution in [0, 0.1) is 5.92 Å². The van der Waals surface area contributed by atoms with Crippen molar-refractivity contribution in [1.82, 2.24) is 10.6 Å². The molecule has 1 aliphatic heterocycles. The van der Waals surface area contributed by atoms with E-state index in [1.54, 1.807) is 0 Å². The summed E-state index contributed by atoms with van der Waals surface area (Å²) >= 11 is 0. The Labute approximate surface area is 142 Å². The van der Waals surface area contributed by atoms with Crippen LogP contribution >= 0.6 is 12.4 Å². The van der Waals surface area contributed by atoms with Gasteiger partial charge in [-0.05, 0) is 25.1 Å². The van der Waals surface area contributed by atoms with E-state index in [1.165, 1.54) is 12.1 Å². The molecule has 0 saturated carbocycles. The third kappa shape index (κ3) is 6.04. The van der Waals surface area contributed by atoms with E-state index in [-0.39, 0.29) is 47.8 Å². The fraction of sp³-hybridized carbons (Fsp3) is 0.500. The van der Waals surface area contributed by atoms with Crippen molar-refractivity contribution >= 4 is 18.3 Å². The molecule has 1 aliphatic rings. The molecule has 2 rings (SSSR count). The van der Waals surface area contributed by atoms with Crippen molar-refractivity contribution in [2.75, 3.05) is 13.1 Å². The maximum absolute atomic E-state index is 12.4. The Morgan fingerprint density at radius 3 is 2.54 bits per heavy atom. The Morgan fingerprint density at radius 1 is 1.25 bits per heavy atom. The van der Waals surface area contributed by atoms with Gasteiger partial charge in [0.1, 0.15) is 11.5 Å². The second-order valence-corrected chi connectivity index (χ2v) is 4.93. The summed E-state index contributed by atoms with van der Waals surface area (Å²) in [5, 5.41) is 5.66. The molecule has 0 spiro atoms. The van der Waals surface area contributed by atoms with E-state index in [0.29, 0.717) is 13.0 Å². The average molecular weight is 373 g/mol. The fourth-order valence-corrected chi connectivity index (χ4v) is 2.27. The highest BCUT2D eigenvalue weighted by molar-refractivity contribution is 5.85. The molecule has 1 heterocycles. The molecule has 1 unspecified atom stereocenters. The number of hydrogen-bond donors (Lipinski definition) is 2. The molecule has 1 aromatic rings. The van der Waals surface area contributed by atoms with Gasteiger partial charge in [-0.15, -0.1) is 12.4 Å². The summed E-state index contributed by atoms with van der Waals surface area (Å²) in [6.07, 6.45) is 0.702. The maximum Gasteiger partial charge on any atom is 0.387 e. The second kappa shape index (κ2) is 9.53. The molecule has 0 aromatic heterocycles. The summed E-state index contributed by atoms with van der Waals surface area (Å²) in [7, 11) is 0. The summed E-state index contributed by atoms with van der Waals surface area (Å²) in [5.74, 6) is -0.990. The van der Waals surface area contributed by atoms with Gasteiger partial charge in [0.05, 0.1) is 5.92 Å². The second-order valence-electron chi connectivity index (χ2n) is 4.93. The van der Waals surface area contributed by atoms with Crippen LogP contribution in [0.3, 0.4) is 0 Å². The molecule has 10 heteroatoms. The summed E-state index contributed by atoms with van der Waals surface area (Å²) in [4.78, 5) is 11.9. The average Bonchev–Trinajstić information content (AvgIpc) is 2.99. The monoisotopic (exact) mass is 372 g/mol. The zero-order chi connectivity index (χ0) is 16.8. The standard InChI is InChI=1S/C14H16F4N2O3.ClH/c15-13(16)22-10-2-1-8(11(5-10)23-14(17)18)7-20-12(21)9-3-4-19-6-9;/h1-2,5,9,13-14,19H,3-4,6-7H2,(H,20,21);1H. The number of amides is 1. The summed E-state index contributed by atoms with van der Waals surface area (Å²) < 4.78 is 57.6. The summed E-state index contributed by atoms with van der Waals surface area (Å²) in [6, 6.07) is 3.43. The number of halogens is 5. The van der Waals surface area contributed by atoms with Crippen LogP contribution in [0.2, 0.25) is 0 Å². The number of carbonyl (C=O) groups is 1. The van der Waals surface area contributed by atoms with E-state index in [9.17, 15) is 22.4 Å². The molecule has 5 nitrogen and oxygen atoms in total. The normalized spacial score (nSPS) is 16.8. The van der Waals surface area contributed by atoms with Crippen molar-refractivity contribution in [2.45, 2.75) is 26.2 Å². The first-order valence-corrected chi connectivity index (χ1v) is 6.96. The van der Waals surface area contributed by atoms with Crippen molar-refractivity contribution in [3.8, 4) is 11.5 Å². The molecule has 1 fully saturated rings. The van der Waals surface area contributed by atoms with Gasteiger partial charge in [-0.1, -0.05) is 0 Å². The number of carbonyl (C=O) groups excluding carboxylic acids is 1. The van der Waals surface area contributed by atoms with Gasteiger partial charge in [-0.3, -0.25) is 4.79 Å². The predicted molar refractivity (Wildman–Crippen MR) is 79.8 cm³/mol. The molecule has 24 heavy (non-hydrogen) atoms. The van der Waals surface area contributed by atoms with Crippen molar-refractivity contribution in [1.29, 1.82) is 0 Å². The number of benzene rings is 1. The Bertz CT molecular complexity index is 543. The van der Waals surface area contributed by atoms with Crippen LogP contribution in [0.4, 0.5) is 17.6 Å².